The molecule has 3 aromatic rings. The van der Waals surface area contributed by atoms with Crippen molar-refractivity contribution in [3.05, 3.63) is 35.8 Å². The van der Waals surface area contributed by atoms with Gasteiger partial charge in [0, 0.05) is 29.0 Å². The summed E-state index contributed by atoms with van der Waals surface area (Å²) in [5.41, 5.74) is 4.91. The van der Waals surface area contributed by atoms with Gasteiger partial charge in [0.2, 0.25) is 5.95 Å². The monoisotopic (exact) mass is 323 g/mol. The molecule has 1 aliphatic heterocycles. The third-order valence-corrected chi connectivity index (χ3v) is 4.27. The Hall–Kier alpha value is -2.96. The van der Waals surface area contributed by atoms with Gasteiger partial charge in [-0.25, -0.2) is 24.6 Å². The van der Waals surface area contributed by atoms with Crippen molar-refractivity contribution in [3.8, 4) is 11.3 Å². The maximum Gasteiger partial charge on any atom is 0.416 e. The van der Waals surface area contributed by atoms with Crippen LogP contribution in [-0.2, 0) is 11.2 Å². The van der Waals surface area contributed by atoms with Crippen molar-refractivity contribution < 1.29 is 9.53 Å². The fourth-order valence-corrected chi connectivity index (χ4v) is 3.06. The number of aromatic amines is 1. The number of carbonyl (C=O) groups excluding carboxylic acids is 1. The van der Waals surface area contributed by atoms with Gasteiger partial charge in [-0.05, 0) is 31.0 Å². The van der Waals surface area contributed by atoms with Gasteiger partial charge in [-0.15, -0.1) is 0 Å². The summed E-state index contributed by atoms with van der Waals surface area (Å²) in [6.45, 7) is 5.02. The number of cyclic esters (lactones) is 1. The third kappa shape index (κ3) is 2.29. The number of hydrogen-bond donors (Lipinski definition) is 1. The Morgan fingerprint density at radius 1 is 1.38 bits per heavy atom. The van der Waals surface area contributed by atoms with E-state index in [4.69, 9.17) is 4.74 Å². The standard InChI is InChI=1S/C17H17N5O2/c1-3-12-10(2)20-15-13(12)8-11(9-19-15)14-4-5-18-16(21-14)22-6-7-24-17(22)23/h4-5,8-9H,3,6-7H2,1-2H3,(H,19,20). The number of nitrogens with zero attached hydrogens (tertiary/aromatic N) is 4. The van der Waals surface area contributed by atoms with Crippen LogP contribution in [-0.4, -0.2) is 39.2 Å². The molecule has 0 saturated carbocycles. The number of rotatable bonds is 3. The van der Waals surface area contributed by atoms with Crippen LogP contribution in [0.2, 0.25) is 0 Å². The highest BCUT2D eigenvalue weighted by molar-refractivity contribution is 5.88. The maximum absolute atomic E-state index is 11.7. The topological polar surface area (TPSA) is 84.0 Å². The van der Waals surface area contributed by atoms with Crippen LogP contribution < -0.4 is 4.90 Å². The van der Waals surface area contributed by atoms with Crippen molar-refractivity contribution in [2.75, 3.05) is 18.1 Å². The van der Waals surface area contributed by atoms with Crippen molar-refractivity contribution in [1.82, 2.24) is 19.9 Å². The minimum Gasteiger partial charge on any atom is -0.447 e. The molecule has 0 aromatic carbocycles. The van der Waals surface area contributed by atoms with Crippen LogP contribution in [0.5, 0.6) is 0 Å². The Morgan fingerprint density at radius 3 is 3.00 bits per heavy atom. The molecule has 4 heterocycles. The van der Waals surface area contributed by atoms with Crippen molar-refractivity contribution >= 4 is 23.1 Å². The number of aromatic nitrogens is 4. The van der Waals surface area contributed by atoms with Crippen LogP contribution >= 0.6 is 0 Å². The SMILES string of the molecule is CCc1c(C)[nH]c2ncc(-c3ccnc(N4CCOC4=O)n3)cc12. The number of fused-ring (bicyclic) bond motifs is 1. The molecule has 7 nitrogen and oxygen atoms in total. The molecule has 0 aliphatic carbocycles. The van der Waals surface area contributed by atoms with E-state index in [0.29, 0.717) is 19.1 Å². The van der Waals surface area contributed by atoms with Gasteiger partial charge < -0.3 is 9.72 Å². The maximum atomic E-state index is 11.7. The second kappa shape index (κ2) is 5.59. The highest BCUT2D eigenvalue weighted by Crippen LogP contribution is 2.27. The number of aryl methyl sites for hydroxylation is 2. The molecule has 7 heteroatoms. The number of amides is 1. The number of nitrogens with one attached hydrogen (secondary N) is 1. The molecule has 0 radical (unpaired) electrons. The lowest BCUT2D eigenvalue weighted by molar-refractivity contribution is 0.181. The Morgan fingerprint density at radius 2 is 2.25 bits per heavy atom. The number of anilines is 1. The lowest BCUT2D eigenvalue weighted by Crippen LogP contribution is -2.25. The molecule has 0 bridgehead atoms. The molecule has 4 rings (SSSR count). The van der Waals surface area contributed by atoms with Crippen LogP contribution in [0, 0.1) is 6.92 Å². The molecule has 0 spiro atoms. The summed E-state index contributed by atoms with van der Waals surface area (Å²) in [5.74, 6) is 0.357. The predicted octanol–water partition coefficient (Wildman–Crippen LogP) is 2.85. The molecule has 1 N–H and O–H groups in total. The highest BCUT2D eigenvalue weighted by Gasteiger charge is 2.26. The molecule has 0 unspecified atom stereocenters. The Kier molecular flexibility index (Phi) is 3.41. The van der Waals surface area contributed by atoms with Gasteiger partial charge in [-0.1, -0.05) is 6.92 Å². The molecule has 1 amide bonds. The molecule has 1 aliphatic rings. The van der Waals surface area contributed by atoms with E-state index in [1.807, 2.05) is 6.07 Å². The van der Waals surface area contributed by atoms with E-state index in [1.54, 1.807) is 12.4 Å². The molecule has 24 heavy (non-hydrogen) atoms. The van der Waals surface area contributed by atoms with Crippen LogP contribution in [0.1, 0.15) is 18.2 Å². The van der Waals surface area contributed by atoms with E-state index in [-0.39, 0.29) is 0 Å². The van der Waals surface area contributed by atoms with Gasteiger partial charge in [0.1, 0.15) is 12.3 Å². The van der Waals surface area contributed by atoms with Gasteiger partial charge in [0.25, 0.3) is 0 Å². The average Bonchev–Trinajstić information content (AvgIpc) is 3.16. The Bertz CT molecular complexity index is 934. The zero-order valence-electron chi connectivity index (χ0n) is 13.5. The first-order valence-corrected chi connectivity index (χ1v) is 7.92. The number of ether oxygens (including phenoxy) is 1. The van der Waals surface area contributed by atoms with E-state index in [0.717, 1.165) is 34.4 Å². The smallest absolute Gasteiger partial charge is 0.416 e. The molecule has 3 aromatic heterocycles. The lowest BCUT2D eigenvalue weighted by Gasteiger charge is -2.11. The molecular formula is C17H17N5O2. The zero-order valence-corrected chi connectivity index (χ0v) is 13.5. The fraction of sp³-hybridized carbons (Fsp3) is 0.294. The number of pyridine rings is 1. The first-order chi connectivity index (χ1) is 11.7. The molecule has 1 saturated heterocycles. The quantitative estimate of drug-likeness (QED) is 0.801. The summed E-state index contributed by atoms with van der Waals surface area (Å²) in [5, 5.41) is 1.10. The van der Waals surface area contributed by atoms with Gasteiger partial charge in [-0.3, -0.25) is 0 Å². The summed E-state index contributed by atoms with van der Waals surface area (Å²) >= 11 is 0. The first kappa shape index (κ1) is 14.6. The van der Waals surface area contributed by atoms with Crippen molar-refractivity contribution in [3.63, 3.8) is 0 Å². The Labute approximate surface area is 138 Å². The van der Waals surface area contributed by atoms with Crippen molar-refractivity contribution in [2.24, 2.45) is 0 Å². The summed E-state index contributed by atoms with van der Waals surface area (Å²) in [6.07, 6.45) is 3.96. The number of carbonyl (C=O) groups is 1. The van der Waals surface area contributed by atoms with Crippen LogP contribution in [0.4, 0.5) is 10.7 Å². The van der Waals surface area contributed by atoms with E-state index < -0.39 is 6.09 Å². The largest absolute Gasteiger partial charge is 0.447 e. The van der Waals surface area contributed by atoms with Crippen molar-refractivity contribution in [2.45, 2.75) is 20.3 Å². The van der Waals surface area contributed by atoms with Gasteiger partial charge in [0.15, 0.2) is 0 Å². The molecular weight excluding hydrogens is 306 g/mol. The molecule has 1 fully saturated rings. The highest BCUT2D eigenvalue weighted by atomic mass is 16.6. The van der Waals surface area contributed by atoms with Crippen LogP contribution in [0.25, 0.3) is 22.3 Å². The number of H-pyrrole nitrogens is 1. The Balaban J connectivity index is 1.78. The molecule has 122 valence electrons. The summed E-state index contributed by atoms with van der Waals surface area (Å²) < 4.78 is 4.95. The van der Waals surface area contributed by atoms with E-state index in [2.05, 4.69) is 39.8 Å². The van der Waals surface area contributed by atoms with Crippen molar-refractivity contribution in [1.29, 1.82) is 0 Å². The van der Waals surface area contributed by atoms with Crippen LogP contribution in [0.3, 0.4) is 0 Å². The van der Waals surface area contributed by atoms with Gasteiger partial charge in [-0.2, -0.15) is 0 Å². The summed E-state index contributed by atoms with van der Waals surface area (Å²) in [4.78, 5) is 29.6. The second-order valence-electron chi connectivity index (χ2n) is 5.71. The van der Waals surface area contributed by atoms with E-state index in [9.17, 15) is 4.79 Å². The first-order valence-electron chi connectivity index (χ1n) is 7.92. The lowest BCUT2D eigenvalue weighted by atomic mass is 10.1. The number of hydrogen-bond acceptors (Lipinski definition) is 5. The third-order valence-electron chi connectivity index (χ3n) is 4.27. The van der Waals surface area contributed by atoms with Gasteiger partial charge in [0.05, 0.1) is 12.2 Å². The minimum atomic E-state index is -0.407. The summed E-state index contributed by atoms with van der Waals surface area (Å²) in [7, 11) is 0. The van der Waals surface area contributed by atoms with E-state index >= 15 is 0 Å². The average molecular weight is 323 g/mol. The predicted molar refractivity (Wildman–Crippen MR) is 89.9 cm³/mol. The minimum absolute atomic E-state index is 0.357. The zero-order chi connectivity index (χ0) is 16.7. The molecule has 0 atom stereocenters. The fourth-order valence-electron chi connectivity index (χ4n) is 3.06. The van der Waals surface area contributed by atoms with E-state index in [1.165, 1.54) is 10.5 Å². The van der Waals surface area contributed by atoms with Crippen LogP contribution in [0.15, 0.2) is 24.5 Å². The van der Waals surface area contributed by atoms with Gasteiger partial charge >= 0.3 is 6.09 Å². The second-order valence-corrected chi connectivity index (χ2v) is 5.71. The summed E-state index contributed by atoms with van der Waals surface area (Å²) in [6, 6.07) is 3.90. The normalized spacial score (nSPS) is 14.4.